The van der Waals surface area contributed by atoms with Gasteiger partial charge in [0.05, 0.1) is 22.9 Å². The molecule has 1 aliphatic rings. The Bertz CT molecular complexity index is 1030. The number of hydrogen-bond acceptors (Lipinski definition) is 6. The molecule has 136 valence electrons. The predicted molar refractivity (Wildman–Crippen MR) is 109 cm³/mol. The number of aromatic nitrogens is 1. The zero-order chi connectivity index (χ0) is 18.9. The number of esters is 1. The van der Waals surface area contributed by atoms with Crippen LogP contribution < -0.4 is 0 Å². The summed E-state index contributed by atoms with van der Waals surface area (Å²) in [4.78, 5) is 13.7. The molecule has 1 aromatic heterocycles. The standard InChI is InChI=1S/C21H18N2O2S2/c1-2-25-20(24)21(10-3-11-21)26-17-9-8-16-13-23-27-19(16)18(17)15-6-4-14(12-22)5-7-15/h4-9,13H,2-3,10-11H2,1H3. The number of nitriles is 1. The van der Waals surface area contributed by atoms with Crippen molar-refractivity contribution in [2.45, 2.75) is 35.8 Å². The van der Waals surface area contributed by atoms with Crippen LogP contribution in [-0.2, 0) is 9.53 Å². The normalized spacial score (nSPS) is 15.1. The van der Waals surface area contributed by atoms with Gasteiger partial charge in [0.1, 0.15) is 4.75 Å². The molecule has 6 heteroatoms. The van der Waals surface area contributed by atoms with Crippen molar-refractivity contribution in [1.82, 2.24) is 4.37 Å². The van der Waals surface area contributed by atoms with Crippen LogP contribution in [0.2, 0.25) is 0 Å². The van der Waals surface area contributed by atoms with Gasteiger partial charge in [-0.25, -0.2) is 0 Å². The van der Waals surface area contributed by atoms with Crippen molar-refractivity contribution in [2.24, 2.45) is 0 Å². The molecule has 0 N–H and O–H groups in total. The van der Waals surface area contributed by atoms with E-state index in [1.54, 1.807) is 11.8 Å². The van der Waals surface area contributed by atoms with Crippen LogP contribution in [0.1, 0.15) is 31.7 Å². The van der Waals surface area contributed by atoms with Gasteiger partial charge in [0, 0.05) is 22.0 Å². The molecule has 4 rings (SSSR count). The second-order valence-electron chi connectivity index (χ2n) is 6.54. The molecule has 0 radical (unpaired) electrons. The molecule has 3 aromatic rings. The van der Waals surface area contributed by atoms with Crippen LogP contribution >= 0.6 is 23.3 Å². The van der Waals surface area contributed by atoms with Crippen molar-refractivity contribution >= 4 is 39.3 Å². The van der Waals surface area contributed by atoms with Gasteiger partial charge in [-0.15, -0.1) is 11.8 Å². The summed E-state index contributed by atoms with van der Waals surface area (Å²) in [5.74, 6) is -0.114. The zero-order valence-electron chi connectivity index (χ0n) is 14.9. The lowest BCUT2D eigenvalue weighted by molar-refractivity contribution is -0.148. The lowest BCUT2D eigenvalue weighted by Crippen LogP contribution is -2.43. The van der Waals surface area contributed by atoms with Crippen molar-refractivity contribution in [1.29, 1.82) is 5.26 Å². The number of hydrogen-bond donors (Lipinski definition) is 0. The molecule has 1 aliphatic carbocycles. The lowest BCUT2D eigenvalue weighted by Gasteiger charge is -2.38. The van der Waals surface area contributed by atoms with Gasteiger partial charge in [0.15, 0.2) is 0 Å². The lowest BCUT2D eigenvalue weighted by atomic mass is 9.84. The molecule has 1 heterocycles. The fourth-order valence-electron chi connectivity index (χ4n) is 3.31. The third kappa shape index (κ3) is 3.22. The van der Waals surface area contributed by atoms with Crippen LogP contribution in [0.4, 0.5) is 0 Å². The molecule has 1 saturated carbocycles. The summed E-state index contributed by atoms with van der Waals surface area (Å²) in [5.41, 5.74) is 2.75. The zero-order valence-corrected chi connectivity index (χ0v) is 16.5. The van der Waals surface area contributed by atoms with E-state index in [2.05, 4.69) is 22.6 Å². The molecule has 27 heavy (non-hydrogen) atoms. The number of fused-ring (bicyclic) bond motifs is 1. The summed E-state index contributed by atoms with van der Waals surface area (Å²) in [6.45, 7) is 2.25. The second kappa shape index (κ2) is 7.34. The molecule has 0 unspecified atom stereocenters. The average molecular weight is 395 g/mol. The molecule has 1 fully saturated rings. The highest BCUT2D eigenvalue weighted by atomic mass is 32.2. The smallest absolute Gasteiger partial charge is 0.322 e. The first-order valence-corrected chi connectivity index (χ1v) is 10.5. The van der Waals surface area contributed by atoms with Crippen molar-refractivity contribution in [2.75, 3.05) is 6.61 Å². The maximum absolute atomic E-state index is 12.6. The van der Waals surface area contributed by atoms with Gasteiger partial charge in [-0.1, -0.05) is 18.2 Å². The average Bonchev–Trinajstić information content (AvgIpc) is 3.13. The van der Waals surface area contributed by atoms with Gasteiger partial charge in [-0.3, -0.25) is 4.79 Å². The number of nitrogens with zero attached hydrogens (tertiary/aromatic N) is 2. The number of thioether (sulfide) groups is 1. The fraction of sp³-hybridized carbons (Fsp3) is 0.286. The summed E-state index contributed by atoms with van der Waals surface area (Å²) < 4.78 is 10.3. The Morgan fingerprint density at radius 1 is 1.30 bits per heavy atom. The Morgan fingerprint density at radius 2 is 2.07 bits per heavy atom. The fourth-order valence-corrected chi connectivity index (χ4v) is 5.70. The molecule has 2 aromatic carbocycles. The van der Waals surface area contributed by atoms with Crippen LogP contribution in [0.5, 0.6) is 0 Å². The second-order valence-corrected chi connectivity index (χ2v) is 8.77. The number of carbonyl (C=O) groups is 1. The predicted octanol–water partition coefficient (Wildman–Crippen LogP) is 5.41. The van der Waals surface area contributed by atoms with E-state index in [9.17, 15) is 4.79 Å². The molecule has 0 bridgehead atoms. The van der Waals surface area contributed by atoms with Crippen molar-refractivity contribution in [3.63, 3.8) is 0 Å². The van der Waals surface area contributed by atoms with E-state index in [-0.39, 0.29) is 5.97 Å². The highest BCUT2D eigenvalue weighted by molar-refractivity contribution is 8.01. The van der Waals surface area contributed by atoms with Crippen LogP contribution in [-0.4, -0.2) is 21.7 Å². The first kappa shape index (κ1) is 18.0. The van der Waals surface area contributed by atoms with Crippen LogP contribution in [0, 0.1) is 11.3 Å². The van der Waals surface area contributed by atoms with Gasteiger partial charge in [-0.2, -0.15) is 9.64 Å². The van der Waals surface area contributed by atoms with Gasteiger partial charge < -0.3 is 4.74 Å². The minimum Gasteiger partial charge on any atom is -0.465 e. The first-order valence-electron chi connectivity index (χ1n) is 8.91. The Kier molecular flexibility index (Phi) is 4.90. The topological polar surface area (TPSA) is 63.0 Å². The third-order valence-corrected chi connectivity index (χ3v) is 7.26. The van der Waals surface area contributed by atoms with E-state index in [0.717, 1.165) is 45.4 Å². The van der Waals surface area contributed by atoms with Crippen molar-refractivity contribution in [3.05, 3.63) is 48.2 Å². The maximum Gasteiger partial charge on any atom is 0.322 e. The quantitative estimate of drug-likeness (QED) is 0.541. The van der Waals surface area contributed by atoms with E-state index < -0.39 is 4.75 Å². The largest absolute Gasteiger partial charge is 0.465 e. The molecular formula is C21H18N2O2S2. The van der Waals surface area contributed by atoms with Crippen LogP contribution in [0.25, 0.3) is 21.2 Å². The van der Waals surface area contributed by atoms with E-state index in [1.807, 2.05) is 37.4 Å². The number of benzene rings is 2. The minimum absolute atomic E-state index is 0.114. The summed E-state index contributed by atoms with van der Waals surface area (Å²) in [6, 6.07) is 13.9. The first-order chi connectivity index (χ1) is 13.2. The third-order valence-electron chi connectivity index (χ3n) is 4.90. The Balaban J connectivity index is 1.81. The van der Waals surface area contributed by atoms with Crippen molar-refractivity contribution in [3.8, 4) is 17.2 Å². The molecule has 0 atom stereocenters. The van der Waals surface area contributed by atoms with Crippen LogP contribution in [0.15, 0.2) is 47.5 Å². The van der Waals surface area contributed by atoms with Gasteiger partial charge in [0.25, 0.3) is 0 Å². The molecule has 0 spiro atoms. The SMILES string of the molecule is CCOC(=O)C1(Sc2ccc3cnsc3c2-c2ccc(C#N)cc2)CCC1. The number of carbonyl (C=O) groups excluding carboxylic acids is 1. The molecule has 0 aliphatic heterocycles. The Morgan fingerprint density at radius 3 is 2.70 bits per heavy atom. The highest BCUT2D eigenvalue weighted by Crippen LogP contribution is 2.52. The highest BCUT2D eigenvalue weighted by Gasteiger charge is 2.47. The van der Waals surface area contributed by atoms with E-state index in [0.29, 0.717) is 12.2 Å². The van der Waals surface area contributed by atoms with Gasteiger partial charge in [0.2, 0.25) is 0 Å². The monoisotopic (exact) mass is 394 g/mol. The number of ether oxygens (including phenoxy) is 1. The van der Waals surface area contributed by atoms with Crippen LogP contribution in [0.3, 0.4) is 0 Å². The van der Waals surface area contributed by atoms with E-state index in [4.69, 9.17) is 10.00 Å². The molecule has 4 nitrogen and oxygen atoms in total. The summed E-state index contributed by atoms with van der Waals surface area (Å²) >= 11 is 3.07. The van der Waals surface area contributed by atoms with Gasteiger partial charge in [-0.05, 0) is 61.5 Å². The molecule has 0 amide bonds. The summed E-state index contributed by atoms with van der Waals surface area (Å²) in [7, 11) is 0. The summed E-state index contributed by atoms with van der Waals surface area (Å²) in [6.07, 6.45) is 4.58. The Labute approximate surface area is 166 Å². The van der Waals surface area contributed by atoms with E-state index >= 15 is 0 Å². The Hall–Kier alpha value is -2.36. The summed E-state index contributed by atoms with van der Waals surface area (Å²) in [5, 5.41) is 10.2. The number of rotatable bonds is 5. The minimum atomic E-state index is -0.490. The molecular weight excluding hydrogens is 376 g/mol. The molecule has 0 saturated heterocycles. The maximum atomic E-state index is 12.6. The van der Waals surface area contributed by atoms with Crippen molar-refractivity contribution < 1.29 is 9.53 Å². The van der Waals surface area contributed by atoms with E-state index in [1.165, 1.54) is 11.5 Å². The van der Waals surface area contributed by atoms with Gasteiger partial charge >= 0.3 is 5.97 Å².